The van der Waals surface area contributed by atoms with Gasteiger partial charge in [0.05, 0.1) is 17.5 Å². The summed E-state index contributed by atoms with van der Waals surface area (Å²) in [6.07, 6.45) is 0.770. The van der Waals surface area contributed by atoms with Crippen LogP contribution in [0.5, 0.6) is 0 Å². The Morgan fingerprint density at radius 1 is 1.56 bits per heavy atom. The highest BCUT2D eigenvalue weighted by molar-refractivity contribution is 8.00. The minimum Gasteiger partial charge on any atom is -0.298 e. The van der Waals surface area contributed by atoms with E-state index in [-0.39, 0.29) is 12.5 Å². The van der Waals surface area contributed by atoms with Crippen LogP contribution in [0.4, 0.5) is 5.69 Å². The normalized spacial score (nSPS) is 14.2. The van der Waals surface area contributed by atoms with Crippen LogP contribution in [-0.2, 0) is 4.79 Å². The van der Waals surface area contributed by atoms with Crippen LogP contribution in [0.3, 0.4) is 0 Å². The monoisotopic (exact) mass is 232 g/mol. The molecule has 1 heterocycles. The predicted molar refractivity (Wildman–Crippen MR) is 60.5 cm³/mol. The summed E-state index contributed by atoms with van der Waals surface area (Å²) in [6.45, 7) is 0.0484. The van der Waals surface area contributed by atoms with Crippen molar-refractivity contribution in [1.82, 2.24) is 0 Å². The van der Waals surface area contributed by atoms with Gasteiger partial charge in [0.15, 0.2) is 0 Å². The van der Waals surface area contributed by atoms with Crippen LogP contribution >= 0.6 is 11.8 Å². The average Bonchev–Trinajstić information content (AvgIpc) is 2.32. The van der Waals surface area contributed by atoms with Crippen molar-refractivity contribution in [2.45, 2.75) is 4.90 Å². The molecule has 0 radical (unpaired) electrons. The molecule has 1 aliphatic heterocycles. The number of carbonyl (C=O) groups excluding carboxylic acids is 2. The van der Waals surface area contributed by atoms with E-state index >= 15 is 0 Å². The summed E-state index contributed by atoms with van der Waals surface area (Å²) in [5, 5.41) is 8.66. The molecule has 0 aliphatic carbocycles. The van der Waals surface area contributed by atoms with E-state index in [1.54, 1.807) is 18.2 Å². The number of fused-ring (bicyclic) bond motifs is 1. The number of hydrogen-bond acceptors (Lipinski definition) is 4. The summed E-state index contributed by atoms with van der Waals surface area (Å²) >= 11 is 1.40. The molecule has 80 valence electrons. The van der Waals surface area contributed by atoms with Crippen LogP contribution in [0.25, 0.3) is 0 Å². The van der Waals surface area contributed by atoms with Crippen LogP contribution in [0.1, 0.15) is 10.4 Å². The van der Waals surface area contributed by atoms with E-state index in [1.807, 2.05) is 6.07 Å². The predicted octanol–water partition coefficient (Wildman–Crippen LogP) is 1.46. The highest BCUT2D eigenvalue weighted by atomic mass is 32.2. The maximum Gasteiger partial charge on any atom is 0.238 e. The van der Waals surface area contributed by atoms with Crippen LogP contribution in [0.2, 0.25) is 0 Å². The molecular weight excluding hydrogens is 224 g/mol. The molecule has 0 bridgehead atoms. The minimum atomic E-state index is -0.0714. The number of benzene rings is 1. The van der Waals surface area contributed by atoms with Gasteiger partial charge in [-0.1, -0.05) is 0 Å². The van der Waals surface area contributed by atoms with Crippen LogP contribution < -0.4 is 4.90 Å². The molecule has 0 saturated heterocycles. The molecule has 16 heavy (non-hydrogen) atoms. The number of nitrogens with zero attached hydrogens (tertiary/aromatic N) is 2. The molecule has 0 atom stereocenters. The topological polar surface area (TPSA) is 61.2 Å². The van der Waals surface area contributed by atoms with Gasteiger partial charge in [-0.2, -0.15) is 5.26 Å². The van der Waals surface area contributed by atoms with E-state index in [0.717, 1.165) is 11.2 Å². The molecule has 1 aromatic rings. The van der Waals surface area contributed by atoms with Gasteiger partial charge in [0.1, 0.15) is 12.8 Å². The van der Waals surface area contributed by atoms with Crippen molar-refractivity contribution in [2.75, 3.05) is 17.2 Å². The van der Waals surface area contributed by atoms with Gasteiger partial charge in [-0.25, -0.2) is 0 Å². The zero-order valence-electron chi connectivity index (χ0n) is 8.34. The summed E-state index contributed by atoms with van der Waals surface area (Å²) in [4.78, 5) is 24.5. The summed E-state index contributed by atoms with van der Waals surface area (Å²) < 4.78 is 0. The molecule has 0 N–H and O–H groups in total. The zero-order valence-corrected chi connectivity index (χ0v) is 9.16. The molecule has 0 saturated carbocycles. The molecule has 5 heteroatoms. The molecule has 1 aliphatic rings. The van der Waals surface area contributed by atoms with E-state index in [0.29, 0.717) is 17.0 Å². The van der Waals surface area contributed by atoms with Gasteiger partial charge in [0, 0.05) is 10.5 Å². The third-order valence-corrected chi connectivity index (χ3v) is 3.32. The fourth-order valence-corrected chi connectivity index (χ4v) is 2.52. The van der Waals surface area contributed by atoms with Gasteiger partial charge >= 0.3 is 0 Å². The highest BCUT2D eigenvalue weighted by Gasteiger charge is 2.24. The first-order valence-electron chi connectivity index (χ1n) is 4.65. The van der Waals surface area contributed by atoms with Gasteiger partial charge in [-0.15, -0.1) is 11.8 Å². The lowest BCUT2D eigenvalue weighted by molar-refractivity contribution is -0.116. The van der Waals surface area contributed by atoms with Gasteiger partial charge in [-0.3, -0.25) is 14.5 Å². The number of carbonyl (C=O) groups is 2. The lowest BCUT2D eigenvalue weighted by Crippen LogP contribution is -2.35. The first-order valence-corrected chi connectivity index (χ1v) is 5.64. The van der Waals surface area contributed by atoms with Crippen molar-refractivity contribution >= 4 is 29.6 Å². The van der Waals surface area contributed by atoms with Crippen molar-refractivity contribution < 1.29 is 9.59 Å². The van der Waals surface area contributed by atoms with Crippen LogP contribution in [0, 0.1) is 11.3 Å². The third kappa shape index (κ3) is 1.79. The average molecular weight is 232 g/mol. The first kappa shape index (κ1) is 10.7. The van der Waals surface area contributed by atoms with E-state index < -0.39 is 0 Å². The molecular formula is C11H8N2O2S. The molecule has 0 spiro atoms. The molecule has 0 fully saturated rings. The molecule has 1 amide bonds. The second-order valence-electron chi connectivity index (χ2n) is 3.27. The molecule has 2 rings (SSSR count). The van der Waals surface area contributed by atoms with Crippen LogP contribution in [-0.4, -0.2) is 24.5 Å². The SMILES string of the molecule is N#CCN1C(=O)CSc2cc(C=O)ccc21. The number of thioether (sulfide) groups is 1. The second kappa shape index (κ2) is 4.37. The molecule has 1 aromatic carbocycles. The van der Waals surface area contributed by atoms with Crippen LogP contribution in [0.15, 0.2) is 23.1 Å². The zero-order chi connectivity index (χ0) is 11.5. The number of aldehydes is 1. The summed E-state index contributed by atoms with van der Waals surface area (Å²) in [7, 11) is 0. The molecule has 0 aromatic heterocycles. The maximum absolute atomic E-state index is 11.6. The van der Waals surface area contributed by atoms with E-state index in [1.165, 1.54) is 16.7 Å². The Morgan fingerprint density at radius 2 is 2.38 bits per heavy atom. The summed E-state index contributed by atoms with van der Waals surface area (Å²) in [5.74, 6) is 0.245. The number of anilines is 1. The molecule has 4 nitrogen and oxygen atoms in total. The number of hydrogen-bond donors (Lipinski definition) is 0. The fourth-order valence-electron chi connectivity index (χ4n) is 1.54. The van der Waals surface area contributed by atoms with Crippen molar-refractivity contribution in [2.24, 2.45) is 0 Å². The molecule has 0 unspecified atom stereocenters. The van der Waals surface area contributed by atoms with Crippen molar-refractivity contribution in [3.8, 4) is 6.07 Å². The van der Waals surface area contributed by atoms with Gasteiger partial charge in [0.25, 0.3) is 0 Å². The van der Waals surface area contributed by atoms with Crippen molar-refractivity contribution in [1.29, 1.82) is 5.26 Å². The fraction of sp³-hybridized carbons (Fsp3) is 0.182. The first-order chi connectivity index (χ1) is 7.76. The Labute approximate surface area is 96.8 Å². The quantitative estimate of drug-likeness (QED) is 0.572. The number of amides is 1. The van der Waals surface area contributed by atoms with Gasteiger partial charge in [-0.05, 0) is 18.2 Å². The van der Waals surface area contributed by atoms with Gasteiger partial charge < -0.3 is 0 Å². The summed E-state index contributed by atoms with van der Waals surface area (Å²) in [5.41, 5.74) is 1.30. The lowest BCUT2D eigenvalue weighted by atomic mass is 10.2. The van der Waals surface area contributed by atoms with E-state index in [2.05, 4.69) is 0 Å². The third-order valence-electron chi connectivity index (χ3n) is 2.29. The van der Waals surface area contributed by atoms with Crippen molar-refractivity contribution in [3.63, 3.8) is 0 Å². The number of rotatable bonds is 2. The Hall–Kier alpha value is -1.80. The summed E-state index contributed by atoms with van der Waals surface area (Å²) in [6, 6.07) is 7.06. The lowest BCUT2D eigenvalue weighted by Gasteiger charge is -2.26. The maximum atomic E-state index is 11.6. The second-order valence-corrected chi connectivity index (χ2v) is 4.29. The van der Waals surface area contributed by atoms with Gasteiger partial charge in [0.2, 0.25) is 5.91 Å². The smallest absolute Gasteiger partial charge is 0.238 e. The Bertz CT molecular complexity index is 493. The standard InChI is InChI=1S/C11H8N2O2S/c12-3-4-13-9-2-1-8(6-14)5-10(9)16-7-11(13)15/h1-2,5-6H,4,7H2. The highest BCUT2D eigenvalue weighted by Crippen LogP contribution is 2.35. The van der Waals surface area contributed by atoms with Crippen molar-refractivity contribution in [3.05, 3.63) is 23.8 Å². The Kier molecular flexibility index (Phi) is 2.93. The minimum absolute atomic E-state index is 0.0484. The Balaban J connectivity index is 2.44. The largest absolute Gasteiger partial charge is 0.298 e. The van der Waals surface area contributed by atoms with E-state index in [9.17, 15) is 9.59 Å². The Morgan fingerprint density at radius 3 is 3.06 bits per heavy atom. The number of nitriles is 1. The van der Waals surface area contributed by atoms with E-state index in [4.69, 9.17) is 5.26 Å².